The summed E-state index contributed by atoms with van der Waals surface area (Å²) in [5.74, 6) is -0.106. The molecule has 3 N–H and O–H groups in total. The summed E-state index contributed by atoms with van der Waals surface area (Å²) in [5.41, 5.74) is 8.57. The zero-order chi connectivity index (χ0) is 19.5. The lowest BCUT2D eigenvalue weighted by molar-refractivity contribution is 0.0950. The van der Waals surface area contributed by atoms with Crippen LogP contribution >= 0.6 is 0 Å². The maximum absolute atomic E-state index is 12.6. The quantitative estimate of drug-likeness (QED) is 0.561. The molecule has 28 heavy (non-hydrogen) atoms. The van der Waals surface area contributed by atoms with Crippen molar-refractivity contribution < 1.29 is 14.1 Å². The molecule has 0 aliphatic heterocycles. The lowest BCUT2D eigenvalue weighted by Gasteiger charge is -2.07. The van der Waals surface area contributed by atoms with Crippen molar-refractivity contribution in [1.29, 1.82) is 0 Å². The Bertz CT molecular complexity index is 1170. The highest BCUT2D eigenvalue weighted by atomic mass is 16.5. The van der Waals surface area contributed by atoms with Crippen molar-refractivity contribution in [2.75, 3.05) is 0 Å². The Balaban J connectivity index is 1.56. The Morgan fingerprint density at radius 2 is 1.75 bits per heavy atom. The number of aromatic nitrogens is 1. The number of nitrogens with two attached hydrogens (primary N) is 1. The van der Waals surface area contributed by atoms with Crippen LogP contribution in [0.4, 0.5) is 0 Å². The number of carbonyl (C=O) groups excluding carboxylic acids is 2. The van der Waals surface area contributed by atoms with Crippen molar-refractivity contribution in [3.63, 3.8) is 0 Å². The largest absolute Gasteiger partial charge is 0.366 e. The van der Waals surface area contributed by atoms with Crippen molar-refractivity contribution in [3.05, 3.63) is 89.5 Å². The maximum atomic E-state index is 12.6. The van der Waals surface area contributed by atoms with Crippen molar-refractivity contribution >= 4 is 22.7 Å². The highest BCUT2D eigenvalue weighted by molar-refractivity contribution is 6.01. The molecule has 0 aliphatic carbocycles. The Kier molecular flexibility index (Phi) is 4.60. The molecule has 0 fully saturated rings. The van der Waals surface area contributed by atoms with Gasteiger partial charge in [0.25, 0.3) is 5.91 Å². The van der Waals surface area contributed by atoms with Crippen LogP contribution in [0, 0.1) is 0 Å². The number of rotatable bonds is 5. The first kappa shape index (κ1) is 17.5. The van der Waals surface area contributed by atoms with E-state index in [2.05, 4.69) is 10.5 Å². The molecule has 0 saturated carbocycles. The fourth-order valence-electron chi connectivity index (χ4n) is 3.00. The van der Waals surface area contributed by atoms with Gasteiger partial charge in [-0.15, -0.1) is 0 Å². The summed E-state index contributed by atoms with van der Waals surface area (Å²) in [6.45, 7) is 0.285. The maximum Gasteiger partial charge on any atom is 0.251 e. The number of amides is 2. The van der Waals surface area contributed by atoms with Gasteiger partial charge >= 0.3 is 0 Å². The first-order valence-electron chi connectivity index (χ1n) is 8.73. The molecule has 0 spiro atoms. The van der Waals surface area contributed by atoms with E-state index in [4.69, 9.17) is 10.3 Å². The van der Waals surface area contributed by atoms with Gasteiger partial charge in [-0.25, -0.2) is 0 Å². The summed E-state index contributed by atoms with van der Waals surface area (Å²) in [6.07, 6.45) is 0. The number of nitrogens with one attached hydrogen (secondary N) is 1. The number of primary amides is 1. The minimum atomic E-state index is -0.500. The van der Waals surface area contributed by atoms with Gasteiger partial charge in [-0.2, -0.15) is 0 Å². The monoisotopic (exact) mass is 371 g/mol. The Morgan fingerprint density at radius 1 is 0.929 bits per heavy atom. The van der Waals surface area contributed by atoms with Gasteiger partial charge in [0, 0.05) is 23.2 Å². The molecule has 0 radical (unpaired) electrons. The van der Waals surface area contributed by atoms with Crippen molar-refractivity contribution in [2.45, 2.75) is 6.54 Å². The zero-order valence-electron chi connectivity index (χ0n) is 14.9. The molecule has 0 saturated heterocycles. The lowest BCUT2D eigenvalue weighted by atomic mass is 10.1. The third kappa shape index (κ3) is 3.48. The number of carbonyl (C=O) groups is 2. The predicted molar refractivity (Wildman–Crippen MR) is 106 cm³/mol. The van der Waals surface area contributed by atoms with E-state index in [9.17, 15) is 9.59 Å². The second-order valence-corrected chi connectivity index (χ2v) is 6.36. The molecule has 3 aromatic carbocycles. The molecular weight excluding hydrogens is 354 g/mol. The van der Waals surface area contributed by atoms with Crippen LogP contribution in [0.3, 0.4) is 0 Å². The van der Waals surface area contributed by atoms with Crippen LogP contribution in [0.1, 0.15) is 26.3 Å². The second kappa shape index (κ2) is 7.36. The van der Waals surface area contributed by atoms with Crippen LogP contribution in [0.5, 0.6) is 0 Å². The van der Waals surface area contributed by atoms with Crippen LogP contribution in [0.25, 0.3) is 22.2 Å². The van der Waals surface area contributed by atoms with Crippen molar-refractivity contribution in [3.8, 4) is 11.3 Å². The zero-order valence-corrected chi connectivity index (χ0v) is 14.9. The standard InChI is InChI=1S/C22H17N3O3/c23-21(26)16-8-4-5-14(11-16)13-24-22(27)17-9-10-19-18(12-17)20(28-25-19)15-6-2-1-3-7-15/h1-12H,13H2,(H2,23,26)(H,24,27). The van der Waals surface area contributed by atoms with Gasteiger partial charge in [-0.1, -0.05) is 47.6 Å². The summed E-state index contributed by atoms with van der Waals surface area (Å²) in [4.78, 5) is 23.9. The van der Waals surface area contributed by atoms with E-state index in [-0.39, 0.29) is 12.5 Å². The summed E-state index contributed by atoms with van der Waals surface area (Å²) < 4.78 is 5.48. The summed E-state index contributed by atoms with van der Waals surface area (Å²) in [7, 11) is 0. The van der Waals surface area contributed by atoms with Crippen LogP contribution in [-0.2, 0) is 6.54 Å². The van der Waals surface area contributed by atoms with E-state index in [1.165, 1.54) is 0 Å². The van der Waals surface area contributed by atoms with Crippen molar-refractivity contribution in [1.82, 2.24) is 10.5 Å². The van der Waals surface area contributed by atoms with E-state index in [0.717, 1.165) is 16.5 Å². The molecule has 4 rings (SSSR count). The van der Waals surface area contributed by atoms with E-state index in [1.807, 2.05) is 36.4 Å². The fourth-order valence-corrected chi connectivity index (χ4v) is 3.00. The second-order valence-electron chi connectivity index (χ2n) is 6.36. The Labute approximate surface area is 161 Å². The van der Waals surface area contributed by atoms with Gasteiger partial charge < -0.3 is 15.6 Å². The van der Waals surface area contributed by atoms with Crippen LogP contribution < -0.4 is 11.1 Å². The molecular formula is C22H17N3O3. The van der Waals surface area contributed by atoms with Gasteiger partial charge in [0.15, 0.2) is 5.76 Å². The van der Waals surface area contributed by atoms with Crippen LogP contribution in [0.2, 0.25) is 0 Å². The summed E-state index contributed by atoms with van der Waals surface area (Å²) in [5, 5.41) is 7.69. The number of fused-ring (bicyclic) bond motifs is 1. The average Bonchev–Trinajstić information content (AvgIpc) is 3.16. The molecule has 4 aromatic rings. The highest BCUT2D eigenvalue weighted by Gasteiger charge is 2.14. The Morgan fingerprint density at radius 3 is 2.54 bits per heavy atom. The average molecular weight is 371 g/mol. The van der Waals surface area contributed by atoms with Gasteiger partial charge in [-0.3, -0.25) is 9.59 Å². The van der Waals surface area contributed by atoms with E-state index in [0.29, 0.717) is 22.4 Å². The normalized spacial score (nSPS) is 10.7. The molecule has 0 unspecified atom stereocenters. The summed E-state index contributed by atoms with van der Waals surface area (Å²) in [6, 6.07) is 21.7. The fraction of sp³-hybridized carbons (Fsp3) is 0.0455. The first-order valence-corrected chi connectivity index (χ1v) is 8.73. The minimum absolute atomic E-state index is 0.230. The molecule has 1 heterocycles. The minimum Gasteiger partial charge on any atom is -0.366 e. The third-order valence-electron chi connectivity index (χ3n) is 4.44. The number of nitrogens with zero attached hydrogens (tertiary/aromatic N) is 1. The molecule has 138 valence electrons. The number of hydrogen-bond donors (Lipinski definition) is 2. The van der Waals surface area contributed by atoms with E-state index in [1.54, 1.807) is 36.4 Å². The van der Waals surface area contributed by atoms with Gasteiger partial charge in [-0.05, 0) is 35.9 Å². The predicted octanol–water partition coefficient (Wildman–Crippen LogP) is 3.52. The molecule has 1 aromatic heterocycles. The SMILES string of the molecule is NC(=O)c1cccc(CNC(=O)c2ccc3noc(-c4ccccc4)c3c2)c1. The smallest absolute Gasteiger partial charge is 0.251 e. The lowest BCUT2D eigenvalue weighted by Crippen LogP contribution is -2.23. The number of benzene rings is 3. The molecule has 6 nitrogen and oxygen atoms in total. The van der Waals surface area contributed by atoms with Gasteiger partial charge in [0.1, 0.15) is 5.52 Å². The first-order chi connectivity index (χ1) is 13.6. The van der Waals surface area contributed by atoms with Crippen LogP contribution in [0.15, 0.2) is 77.3 Å². The molecule has 2 amide bonds. The highest BCUT2D eigenvalue weighted by Crippen LogP contribution is 2.29. The third-order valence-corrected chi connectivity index (χ3v) is 4.44. The van der Waals surface area contributed by atoms with E-state index >= 15 is 0 Å². The molecule has 0 bridgehead atoms. The van der Waals surface area contributed by atoms with Gasteiger partial charge in [0.05, 0.1) is 5.39 Å². The molecule has 0 atom stereocenters. The van der Waals surface area contributed by atoms with Crippen LogP contribution in [-0.4, -0.2) is 17.0 Å². The van der Waals surface area contributed by atoms with Gasteiger partial charge in [0.2, 0.25) is 5.91 Å². The number of hydrogen-bond acceptors (Lipinski definition) is 4. The summed E-state index contributed by atoms with van der Waals surface area (Å²) >= 11 is 0. The van der Waals surface area contributed by atoms with Crippen molar-refractivity contribution in [2.24, 2.45) is 5.73 Å². The Hall–Kier alpha value is -3.93. The molecule has 6 heteroatoms. The topological polar surface area (TPSA) is 98.2 Å². The van der Waals surface area contributed by atoms with E-state index < -0.39 is 5.91 Å². The molecule has 0 aliphatic rings.